The Bertz CT molecular complexity index is 771. The number of nitrogens with one attached hydrogen (secondary N) is 1. The molecule has 2 aliphatic rings. The van der Waals surface area contributed by atoms with Gasteiger partial charge in [-0.05, 0) is 104 Å². The Morgan fingerprint density at radius 2 is 1.38 bits per heavy atom. The third-order valence-corrected chi connectivity index (χ3v) is 6.18. The van der Waals surface area contributed by atoms with Gasteiger partial charge in [-0.2, -0.15) is 0 Å². The molecule has 0 unspecified atom stereocenters. The van der Waals surface area contributed by atoms with E-state index in [9.17, 15) is 4.79 Å². The normalized spacial score (nSPS) is 15.9. The number of rotatable bonds is 7. The highest BCUT2D eigenvalue weighted by molar-refractivity contribution is 5.78. The van der Waals surface area contributed by atoms with Gasteiger partial charge in [0.15, 0.2) is 0 Å². The number of carbonyl (C=O) groups excluding carboxylic acids is 1. The summed E-state index contributed by atoms with van der Waals surface area (Å²) in [5, 5.41) is 3.09. The molecule has 0 bridgehead atoms. The van der Waals surface area contributed by atoms with Crippen LogP contribution in [0.25, 0.3) is 0 Å². The van der Waals surface area contributed by atoms with E-state index in [0.29, 0.717) is 18.4 Å². The van der Waals surface area contributed by atoms with E-state index in [1.54, 1.807) is 0 Å². The number of amides is 1. The largest absolute Gasteiger partial charge is 0.403 e. The zero-order chi connectivity index (χ0) is 31.9. The van der Waals surface area contributed by atoms with Crippen LogP contribution >= 0.6 is 0 Å². The Balaban J connectivity index is -0.000000242. The molecule has 1 amide bonds. The molecule has 0 aromatic carbocycles. The van der Waals surface area contributed by atoms with Gasteiger partial charge >= 0.3 is 0 Å². The molecule has 0 aromatic heterocycles. The van der Waals surface area contributed by atoms with Gasteiger partial charge in [-0.15, -0.1) is 19.4 Å². The number of nitrogens with zero attached hydrogens (tertiary/aromatic N) is 2. The number of piperidine rings is 1. The Morgan fingerprint density at radius 3 is 1.70 bits per heavy atom. The van der Waals surface area contributed by atoms with E-state index < -0.39 is 0 Å². The predicted molar refractivity (Wildman–Crippen MR) is 181 cm³/mol. The van der Waals surface area contributed by atoms with Crippen LogP contribution in [0.5, 0.6) is 0 Å². The number of terminal acetylenes is 1. The molecule has 0 radical (unpaired) electrons. The fourth-order valence-electron chi connectivity index (χ4n) is 3.66. The highest BCUT2D eigenvalue weighted by Crippen LogP contribution is 2.18. The SMILES string of the molecule is C#C.C/C=C(/C)N.C=CC(=C/C)/C(=C\C)/C=C(\C)NC.C=CC1CCN(C(=O)CN2CCCC2)CC1.CC.CN. The molecule has 40 heavy (non-hydrogen) atoms. The summed E-state index contributed by atoms with van der Waals surface area (Å²) < 4.78 is 0. The van der Waals surface area contributed by atoms with Gasteiger partial charge in [-0.1, -0.05) is 50.8 Å². The van der Waals surface area contributed by atoms with Crippen molar-refractivity contribution in [3.8, 4) is 12.8 Å². The van der Waals surface area contributed by atoms with E-state index in [1.165, 1.54) is 25.5 Å². The van der Waals surface area contributed by atoms with Crippen molar-refractivity contribution in [1.29, 1.82) is 0 Å². The first kappa shape index (κ1) is 44.0. The fourth-order valence-corrected chi connectivity index (χ4v) is 3.66. The summed E-state index contributed by atoms with van der Waals surface area (Å²) >= 11 is 0. The molecule has 0 saturated carbocycles. The fraction of sp³-hybridized carbons (Fsp3) is 0.559. The molecule has 6 heteroatoms. The lowest BCUT2D eigenvalue weighted by Crippen LogP contribution is -2.43. The second-order valence-electron chi connectivity index (χ2n) is 8.74. The summed E-state index contributed by atoms with van der Waals surface area (Å²) in [6.07, 6.45) is 24.7. The smallest absolute Gasteiger partial charge is 0.236 e. The quantitative estimate of drug-likeness (QED) is 0.191. The van der Waals surface area contributed by atoms with Gasteiger partial charge in [0.1, 0.15) is 0 Å². The Hall–Kier alpha value is -3.01. The van der Waals surface area contributed by atoms with E-state index in [0.717, 1.165) is 56.0 Å². The number of hydrogen-bond acceptors (Lipinski definition) is 5. The molecule has 0 aliphatic carbocycles. The van der Waals surface area contributed by atoms with Crippen LogP contribution in [0, 0.1) is 18.8 Å². The van der Waals surface area contributed by atoms with E-state index >= 15 is 0 Å². The number of likely N-dealkylation sites (tertiary alicyclic amines) is 2. The summed E-state index contributed by atoms with van der Waals surface area (Å²) in [5.41, 5.74) is 14.0. The predicted octanol–water partition coefficient (Wildman–Crippen LogP) is 6.41. The van der Waals surface area contributed by atoms with E-state index in [-0.39, 0.29) is 0 Å². The van der Waals surface area contributed by atoms with Crippen molar-refractivity contribution >= 4 is 5.91 Å². The monoisotopic (exact) mass is 558 g/mol. The summed E-state index contributed by atoms with van der Waals surface area (Å²) in [6, 6.07) is 0. The number of carbonyl (C=O) groups is 1. The molecular formula is C34H63N5O. The zero-order valence-electron chi connectivity index (χ0n) is 27.4. The summed E-state index contributed by atoms with van der Waals surface area (Å²) in [6.45, 7) is 26.2. The van der Waals surface area contributed by atoms with Crippen molar-refractivity contribution in [3.05, 3.63) is 72.2 Å². The van der Waals surface area contributed by atoms with E-state index in [2.05, 4.69) is 60.2 Å². The first-order valence-electron chi connectivity index (χ1n) is 14.5. The molecule has 2 heterocycles. The first-order chi connectivity index (χ1) is 19.3. The van der Waals surface area contributed by atoms with Crippen LogP contribution in [0.3, 0.4) is 0 Å². The van der Waals surface area contributed by atoms with Crippen LogP contribution < -0.4 is 16.8 Å². The summed E-state index contributed by atoms with van der Waals surface area (Å²) in [4.78, 5) is 16.3. The molecule has 2 saturated heterocycles. The van der Waals surface area contributed by atoms with Gasteiger partial charge < -0.3 is 21.7 Å². The summed E-state index contributed by atoms with van der Waals surface area (Å²) in [7, 11) is 3.42. The number of allylic oxidation sites excluding steroid dienone is 10. The number of hydrogen-bond donors (Lipinski definition) is 3. The maximum absolute atomic E-state index is 12.0. The molecule has 2 rings (SSSR count). The van der Waals surface area contributed by atoms with Crippen molar-refractivity contribution in [2.24, 2.45) is 17.4 Å². The van der Waals surface area contributed by atoms with Crippen molar-refractivity contribution in [3.63, 3.8) is 0 Å². The molecular weight excluding hydrogens is 494 g/mol. The Labute approximate surface area is 249 Å². The molecule has 2 fully saturated rings. The van der Waals surface area contributed by atoms with Crippen molar-refractivity contribution in [1.82, 2.24) is 15.1 Å². The lowest BCUT2D eigenvalue weighted by molar-refractivity contribution is -0.133. The van der Waals surface area contributed by atoms with Crippen molar-refractivity contribution < 1.29 is 4.79 Å². The van der Waals surface area contributed by atoms with Gasteiger partial charge in [-0.25, -0.2) is 0 Å². The minimum Gasteiger partial charge on any atom is -0.403 e. The molecule has 230 valence electrons. The Kier molecular flexibility index (Phi) is 35.4. The lowest BCUT2D eigenvalue weighted by Gasteiger charge is -2.31. The van der Waals surface area contributed by atoms with Crippen LogP contribution in [-0.2, 0) is 4.79 Å². The van der Waals surface area contributed by atoms with E-state index in [4.69, 9.17) is 5.73 Å². The third kappa shape index (κ3) is 22.9. The van der Waals surface area contributed by atoms with Crippen molar-refractivity contribution in [2.45, 2.75) is 74.1 Å². The van der Waals surface area contributed by atoms with Gasteiger partial charge in [0.2, 0.25) is 5.91 Å². The second kappa shape index (κ2) is 32.2. The highest BCUT2D eigenvalue weighted by Gasteiger charge is 2.23. The van der Waals surface area contributed by atoms with Crippen LogP contribution in [0.2, 0.25) is 0 Å². The van der Waals surface area contributed by atoms with Crippen LogP contribution in [0.1, 0.15) is 74.1 Å². The van der Waals surface area contributed by atoms with Crippen LogP contribution in [0.4, 0.5) is 0 Å². The minimum atomic E-state index is 0.324. The molecule has 0 atom stereocenters. The highest BCUT2D eigenvalue weighted by atomic mass is 16.2. The van der Waals surface area contributed by atoms with Gasteiger partial charge in [0.25, 0.3) is 0 Å². The topological polar surface area (TPSA) is 87.6 Å². The molecule has 0 spiro atoms. The van der Waals surface area contributed by atoms with Gasteiger partial charge in [0, 0.05) is 31.5 Å². The van der Waals surface area contributed by atoms with Crippen LogP contribution in [0.15, 0.2) is 72.2 Å². The molecule has 6 nitrogen and oxygen atoms in total. The van der Waals surface area contributed by atoms with Gasteiger partial charge in [0.05, 0.1) is 6.54 Å². The number of nitrogens with two attached hydrogens (primary N) is 2. The van der Waals surface area contributed by atoms with Crippen molar-refractivity contribution in [2.75, 3.05) is 46.8 Å². The third-order valence-electron chi connectivity index (χ3n) is 6.18. The minimum absolute atomic E-state index is 0.324. The summed E-state index contributed by atoms with van der Waals surface area (Å²) in [5.74, 6) is 0.945. The molecule has 5 N–H and O–H groups in total. The zero-order valence-corrected chi connectivity index (χ0v) is 27.4. The maximum Gasteiger partial charge on any atom is 0.236 e. The van der Waals surface area contributed by atoms with Crippen LogP contribution in [-0.4, -0.2) is 62.5 Å². The standard InChI is InChI=1S/C13H22N2O.C12H19N.C4H9N.C2H6.C2H2.CH5N/c1-2-12-5-9-15(10-6-12)13(16)11-14-7-3-4-8-14;1-6-11(7-2)12(8-3)9-10(4)13-5;1-3-4(2)5;3*1-2/h2,12H,1,3-11H2;6-9,13H,1H2,2-5H3;3H,5H2,1-2H3;1-2H3;1-2H;2H2,1H3/b;10-9+,11-7-,12-8-;4-3-;;;. The first-order valence-corrected chi connectivity index (χ1v) is 14.5. The average Bonchev–Trinajstić information content (AvgIpc) is 3.53. The molecule has 0 aromatic rings. The maximum atomic E-state index is 12.0. The van der Waals surface area contributed by atoms with E-state index in [1.807, 2.05) is 78.6 Å². The molecule has 2 aliphatic heterocycles. The lowest BCUT2D eigenvalue weighted by atomic mass is 9.97. The second-order valence-corrected chi connectivity index (χ2v) is 8.74. The average molecular weight is 558 g/mol. The van der Waals surface area contributed by atoms with Gasteiger partial charge in [-0.3, -0.25) is 9.69 Å². The Morgan fingerprint density at radius 1 is 0.925 bits per heavy atom.